The van der Waals surface area contributed by atoms with Gasteiger partial charge in [0.15, 0.2) is 0 Å². The zero-order valence-corrected chi connectivity index (χ0v) is 14.6. The van der Waals surface area contributed by atoms with Gasteiger partial charge in [-0.2, -0.15) is 0 Å². The zero-order chi connectivity index (χ0) is 18.4. The molecule has 0 saturated heterocycles. The summed E-state index contributed by atoms with van der Waals surface area (Å²) in [4.78, 5) is 0. The topological polar surface area (TPSA) is 62.5 Å². The van der Waals surface area contributed by atoms with E-state index in [-0.39, 0.29) is 13.1 Å². The lowest BCUT2D eigenvalue weighted by Gasteiger charge is -2.19. The van der Waals surface area contributed by atoms with Crippen LogP contribution in [-0.4, -0.2) is 48.3 Å². The molecule has 1 N–H and O–H groups in total. The summed E-state index contributed by atoms with van der Waals surface area (Å²) in [7, 11) is -2.05. The van der Waals surface area contributed by atoms with Crippen LogP contribution in [0, 0.1) is 11.6 Å². The molecule has 0 spiro atoms. The van der Waals surface area contributed by atoms with E-state index in [9.17, 15) is 22.3 Å². The summed E-state index contributed by atoms with van der Waals surface area (Å²) in [6.07, 6.45) is 0.0463. The Balaban J connectivity index is 2.06. The van der Waals surface area contributed by atoms with E-state index >= 15 is 0 Å². The molecule has 0 aliphatic carbocycles. The first-order valence-electron chi connectivity index (χ1n) is 7.63. The summed E-state index contributed by atoms with van der Waals surface area (Å²) in [6, 6.07) is 8.41. The van der Waals surface area contributed by atoms with Gasteiger partial charge in [0.1, 0.15) is 11.6 Å². The zero-order valence-electron chi connectivity index (χ0n) is 13.8. The minimum absolute atomic E-state index is 0.0505. The second-order valence-electron chi connectivity index (χ2n) is 6.13. The van der Waals surface area contributed by atoms with Crippen molar-refractivity contribution in [3.63, 3.8) is 0 Å². The Hall–Kier alpha value is -2.03. The van der Waals surface area contributed by atoms with Crippen molar-refractivity contribution in [2.24, 2.45) is 0 Å². The summed E-state index contributed by atoms with van der Waals surface area (Å²) >= 11 is 0. The lowest BCUT2D eigenvalue weighted by Crippen LogP contribution is -2.35. The van der Waals surface area contributed by atoms with E-state index in [2.05, 4.69) is 0 Å². The van der Waals surface area contributed by atoms with Crippen molar-refractivity contribution in [2.45, 2.75) is 12.6 Å². The summed E-state index contributed by atoms with van der Waals surface area (Å²) in [6.45, 7) is -0.0501. The van der Waals surface area contributed by atoms with Crippen molar-refractivity contribution in [1.29, 1.82) is 0 Å². The highest BCUT2D eigenvalue weighted by molar-refractivity contribution is 7.88. The van der Waals surface area contributed by atoms with Gasteiger partial charge in [-0.1, -0.05) is 0 Å². The highest BCUT2D eigenvalue weighted by Crippen LogP contribution is 2.30. The third-order valence-corrected chi connectivity index (χ3v) is 5.50. The smallest absolute Gasteiger partial charge is 0.211 e. The van der Waals surface area contributed by atoms with Crippen LogP contribution in [-0.2, 0) is 16.6 Å². The number of aromatic nitrogens is 1. The average molecular weight is 368 g/mol. The average Bonchev–Trinajstić information content (AvgIpc) is 2.79. The number of fused-ring (bicyclic) bond motifs is 3. The van der Waals surface area contributed by atoms with E-state index < -0.39 is 27.8 Å². The molecule has 3 aromatic rings. The predicted molar refractivity (Wildman–Crippen MR) is 92.8 cm³/mol. The van der Waals surface area contributed by atoms with Gasteiger partial charge in [0.25, 0.3) is 0 Å². The molecule has 0 aliphatic heterocycles. The maximum Gasteiger partial charge on any atom is 0.211 e. The highest BCUT2D eigenvalue weighted by Gasteiger charge is 2.19. The molecule has 1 atom stereocenters. The van der Waals surface area contributed by atoms with Crippen LogP contribution in [0.2, 0.25) is 0 Å². The van der Waals surface area contributed by atoms with E-state index in [1.165, 1.54) is 31.3 Å². The molecule has 8 heteroatoms. The Morgan fingerprint density at radius 3 is 2.40 bits per heavy atom. The van der Waals surface area contributed by atoms with Gasteiger partial charge in [-0.3, -0.25) is 0 Å². The van der Waals surface area contributed by atoms with Gasteiger partial charge in [0.05, 0.1) is 24.4 Å². The van der Waals surface area contributed by atoms with Crippen molar-refractivity contribution in [2.75, 3.05) is 19.8 Å². The van der Waals surface area contributed by atoms with Crippen LogP contribution in [0.1, 0.15) is 0 Å². The Morgan fingerprint density at radius 2 is 1.72 bits per heavy atom. The SMILES string of the molecule is CN(CC(O)Cn1c2ccc(F)cc2c2ccc(F)cc21)S(C)(=O)=O. The van der Waals surface area contributed by atoms with Crippen LogP contribution >= 0.6 is 0 Å². The van der Waals surface area contributed by atoms with Gasteiger partial charge in [0.2, 0.25) is 10.0 Å². The Labute approximate surface area is 144 Å². The number of rotatable bonds is 5. The highest BCUT2D eigenvalue weighted by atomic mass is 32.2. The summed E-state index contributed by atoms with van der Waals surface area (Å²) in [5.74, 6) is -0.854. The van der Waals surface area contributed by atoms with Crippen molar-refractivity contribution >= 4 is 31.8 Å². The van der Waals surface area contributed by atoms with E-state index in [1.807, 2.05) is 0 Å². The number of likely N-dealkylation sites (N-methyl/N-ethyl adjacent to an activating group) is 1. The Bertz CT molecular complexity index is 1050. The third-order valence-electron chi connectivity index (χ3n) is 4.22. The fraction of sp³-hybridized carbons (Fsp3) is 0.294. The maximum atomic E-state index is 13.7. The molecule has 0 radical (unpaired) electrons. The monoisotopic (exact) mass is 368 g/mol. The summed E-state index contributed by atoms with van der Waals surface area (Å²) < 4.78 is 53.0. The third kappa shape index (κ3) is 3.51. The van der Waals surface area contributed by atoms with Crippen LogP contribution in [0.5, 0.6) is 0 Å². The first-order chi connectivity index (χ1) is 11.7. The van der Waals surface area contributed by atoms with Crippen LogP contribution in [0.3, 0.4) is 0 Å². The van der Waals surface area contributed by atoms with Gasteiger partial charge in [-0.25, -0.2) is 21.5 Å². The molecule has 0 aliphatic rings. The standard InChI is InChI=1S/C17H18F2N2O3S/c1-20(25(2,23)24)9-13(22)10-21-16-6-4-11(18)7-15(16)14-5-3-12(19)8-17(14)21/h3-8,13,22H,9-10H2,1-2H3. The molecule has 3 rings (SSSR count). The van der Waals surface area contributed by atoms with E-state index in [0.29, 0.717) is 21.8 Å². The number of hydrogen-bond donors (Lipinski definition) is 1. The fourth-order valence-electron chi connectivity index (χ4n) is 2.94. The lowest BCUT2D eigenvalue weighted by molar-refractivity contribution is 0.137. The van der Waals surface area contributed by atoms with Crippen molar-refractivity contribution in [1.82, 2.24) is 8.87 Å². The van der Waals surface area contributed by atoms with Gasteiger partial charge in [0, 0.05) is 29.9 Å². The van der Waals surface area contributed by atoms with Crippen LogP contribution in [0.25, 0.3) is 21.8 Å². The second kappa shape index (κ2) is 6.36. The van der Waals surface area contributed by atoms with Crippen molar-refractivity contribution in [3.05, 3.63) is 48.0 Å². The maximum absolute atomic E-state index is 13.7. The minimum atomic E-state index is -3.42. The number of sulfonamides is 1. The van der Waals surface area contributed by atoms with Gasteiger partial charge >= 0.3 is 0 Å². The van der Waals surface area contributed by atoms with Gasteiger partial charge < -0.3 is 9.67 Å². The molecule has 1 aromatic heterocycles. The molecule has 0 fully saturated rings. The normalized spacial score (nSPS) is 13.8. The molecule has 2 aromatic carbocycles. The first-order valence-corrected chi connectivity index (χ1v) is 9.48. The Kier molecular flexibility index (Phi) is 4.52. The largest absolute Gasteiger partial charge is 0.390 e. The molecule has 0 saturated carbocycles. The number of halogens is 2. The molecule has 134 valence electrons. The van der Waals surface area contributed by atoms with Gasteiger partial charge in [-0.05, 0) is 36.4 Å². The quantitative estimate of drug-likeness (QED) is 0.752. The van der Waals surface area contributed by atoms with Crippen LogP contribution in [0.4, 0.5) is 8.78 Å². The number of benzene rings is 2. The Morgan fingerprint density at radius 1 is 1.08 bits per heavy atom. The van der Waals surface area contributed by atoms with E-state index in [1.54, 1.807) is 16.7 Å². The van der Waals surface area contributed by atoms with E-state index in [0.717, 1.165) is 10.6 Å². The van der Waals surface area contributed by atoms with Crippen molar-refractivity contribution in [3.8, 4) is 0 Å². The molecule has 0 amide bonds. The summed E-state index contributed by atoms with van der Waals surface area (Å²) in [5.41, 5.74) is 1.16. The fourth-order valence-corrected chi connectivity index (χ4v) is 3.39. The second-order valence-corrected chi connectivity index (χ2v) is 8.22. The molecule has 0 bridgehead atoms. The molecule has 5 nitrogen and oxygen atoms in total. The van der Waals surface area contributed by atoms with Crippen molar-refractivity contribution < 1.29 is 22.3 Å². The molecular formula is C17H18F2N2O3S. The number of hydrogen-bond acceptors (Lipinski definition) is 3. The minimum Gasteiger partial charge on any atom is -0.390 e. The molecule has 1 unspecified atom stereocenters. The molecular weight excluding hydrogens is 350 g/mol. The number of aliphatic hydroxyl groups is 1. The molecule has 25 heavy (non-hydrogen) atoms. The predicted octanol–water partition coefficient (Wildman–Crippen LogP) is 2.33. The first kappa shape index (κ1) is 17.8. The van der Waals surface area contributed by atoms with Crippen LogP contribution in [0.15, 0.2) is 36.4 Å². The van der Waals surface area contributed by atoms with E-state index in [4.69, 9.17) is 0 Å². The van der Waals surface area contributed by atoms with Gasteiger partial charge in [-0.15, -0.1) is 0 Å². The molecule has 1 heterocycles. The number of nitrogens with zero attached hydrogens (tertiary/aromatic N) is 2. The number of aliphatic hydroxyl groups excluding tert-OH is 1. The lowest BCUT2D eigenvalue weighted by atomic mass is 10.1. The van der Waals surface area contributed by atoms with Crippen LogP contribution < -0.4 is 0 Å². The summed E-state index contributed by atoms with van der Waals surface area (Å²) in [5, 5.41) is 11.6.